The van der Waals surface area contributed by atoms with Gasteiger partial charge in [0, 0.05) is 5.02 Å². The third-order valence-corrected chi connectivity index (χ3v) is 6.47. The van der Waals surface area contributed by atoms with E-state index in [0.717, 1.165) is 0 Å². The van der Waals surface area contributed by atoms with Crippen molar-refractivity contribution in [1.82, 2.24) is 10.3 Å². The SMILES string of the molecule is O=C(NC(=O)c1c(Cl)cccc1Cl)Nc1ccc(S(=O)(=O)Cc2ccc(Cl)cc2)nc1. The normalized spacial score (nSPS) is 11.1. The van der Waals surface area contributed by atoms with Crippen LogP contribution in [0.25, 0.3) is 0 Å². The summed E-state index contributed by atoms with van der Waals surface area (Å²) in [5.74, 6) is -1.04. The molecule has 3 rings (SSSR count). The molecule has 2 N–H and O–H groups in total. The molecule has 0 aliphatic carbocycles. The van der Waals surface area contributed by atoms with Crippen LogP contribution in [0, 0.1) is 0 Å². The molecule has 31 heavy (non-hydrogen) atoms. The Morgan fingerprint density at radius 2 is 1.55 bits per heavy atom. The number of amides is 3. The lowest BCUT2D eigenvalue weighted by Crippen LogP contribution is -2.34. The second-order valence-corrected chi connectivity index (χ2v) is 9.46. The Morgan fingerprint density at radius 3 is 2.13 bits per heavy atom. The second-order valence-electron chi connectivity index (χ2n) is 6.28. The Labute approximate surface area is 193 Å². The van der Waals surface area contributed by atoms with Crippen molar-refractivity contribution in [2.24, 2.45) is 0 Å². The highest BCUT2D eigenvalue weighted by Crippen LogP contribution is 2.24. The summed E-state index contributed by atoms with van der Waals surface area (Å²) in [6.45, 7) is 0. The fourth-order valence-corrected chi connectivity index (χ4v) is 4.52. The highest BCUT2D eigenvalue weighted by molar-refractivity contribution is 7.90. The molecule has 2 aromatic carbocycles. The van der Waals surface area contributed by atoms with Gasteiger partial charge < -0.3 is 5.32 Å². The lowest BCUT2D eigenvalue weighted by molar-refractivity contribution is 0.0967. The van der Waals surface area contributed by atoms with Gasteiger partial charge in [0.05, 0.1) is 33.2 Å². The van der Waals surface area contributed by atoms with Gasteiger partial charge in [0.2, 0.25) is 0 Å². The lowest BCUT2D eigenvalue weighted by atomic mass is 10.2. The first-order valence-electron chi connectivity index (χ1n) is 8.65. The number of sulfone groups is 1. The Balaban J connectivity index is 1.65. The number of urea groups is 1. The van der Waals surface area contributed by atoms with Crippen LogP contribution in [0.1, 0.15) is 15.9 Å². The molecule has 3 amide bonds. The van der Waals surface area contributed by atoms with Crippen molar-refractivity contribution in [2.75, 3.05) is 5.32 Å². The number of carbonyl (C=O) groups is 2. The van der Waals surface area contributed by atoms with Gasteiger partial charge in [-0.1, -0.05) is 53.0 Å². The number of imide groups is 1. The van der Waals surface area contributed by atoms with Crippen molar-refractivity contribution in [3.63, 3.8) is 0 Å². The van der Waals surface area contributed by atoms with Crippen LogP contribution in [0.4, 0.5) is 10.5 Å². The van der Waals surface area contributed by atoms with Crippen molar-refractivity contribution in [2.45, 2.75) is 10.8 Å². The van der Waals surface area contributed by atoms with Crippen LogP contribution in [-0.4, -0.2) is 25.3 Å². The Morgan fingerprint density at radius 1 is 0.903 bits per heavy atom. The molecule has 0 unspecified atom stereocenters. The quantitative estimate of drug-likeness (QED) is 0.516. The van der Waals surface area contributed by atoms with E-state index in [0.29, 0.717) is 10.6 Å². The minimum absolute atomic E-state index is 0.0391. The Kier molecular flexibility index (Phi) is 7.17. The minimum atomic E-state index is -3.70. The van der Waals surface area contributed by atoms with Gasteiger partial charge >= 0.3 is 6.03 Å². The molecule has 0 atom stereocenters. The van der Waals surface area contributed by atoms with Crippen LogP contribution in [0.15, 0.2) is 65.8 Å². The van der Waals surface area contributed by atoms with E-state index in [-0.39, 0.29) is 32.1 Å². The molecule has 3 aromatic rings. The number of benzene rings is 2. The summed E-state index contributed by atoms with van der Waals surface area (Å²) >= 11 is 17.7. The van der Waals surface area contributed by atoms with Crippen molar-refractivity contribution < 1.29 is 18.0 Å². The van der Waals surface area contributed by atoms with Crippen molar-refractivity contribution in [3.05, 3.63) is 87.0 Å². The highest BCUT2D eigenvalue weighted by Gasteiger charge is 2.19. The van der Waals surface area contributed by atoms with Gasteiger partial charge in [-0.3, -0.25) is 10.1 Å². The molecule has 0 bridgehead atoms. The number of aromatic nitrogens is 1. The molecule has 7 nitrogen and oxygen atoms in total. The summed E-state index contributed by atoms with van der Waals surface area (Å²) in [5.41, 5.74) is 0.702. The standard InChI is InChI=1S/C20H14Cl3N3O4S/c21-13-6-4-12(5-7-13)11-31(29,30)17-9-8-14(10-24-17)25-20(28)26-19(27)18-15(22)2-1-3-16(18)23/h1-10H,11H2,(H2,25,26,27,28). The first kappa shape index (κ1) is 23.0. The van der Waals surface area contributed by atoms with Crippen LogP contribution in [0.5, 0.6) is 0 Å². The molecule has 0 saturated carbocycles. The monoisotopic (exact) mass is 497 g/mol. The highest BCUT2D eigenvalue weighted by atomic mass is 35.5. The third kappa shape index (κ3) is 5.95. The maximum atomic E-state index is 12.5. The lowest BCUT2D eigenvalue weighted by Gasteiger charge is -2.09. The summed E-state index contributed by atoms with van der Waals surface area (Å²) < 4.78 is 25.0. The van der Waals surface area contributed by atoms with E-state index in [1.165, 1.54) is 30.5 Å². The molecule has 0 aliphatic heterocycles. The molecular weight excluding hydrogens is 485 g/mol. The van der Waals surface area contributed by atoms with E-state index >= 15 is 0 Å². The molecule has 0 saturated heterocycles. The van der Waals surface area contributed by atoms with Crippen molar-refractivity contribution in [1.29, 1.82) is 0 Å². The third-order valence-electron chi connectivity index (χ3n) is 4.00. The smallest absolute Gasteiger partial charge is 0.306 e. The number of carbonyl (C=O) groups excluding carboxylic acids is 2. The van der Waals surface area contributed by atoms with Gasteiger partial charge in [0.15, 0.2) is 14.9 Å². The first-order chi connectivity index (χ1) is 14.7. The molecule has 0 radical (unpaired) electrons. The summed E-state index contributed by atoms with van der Waals surface area (Å²) in [7, 11) is -3.70. The molecule has 0 fully saturated rings. The molecule has 1 heterocycles. The number of nitrogens with zero attached hydrogens (tertiary/aromatic N) is 1. The fourth-order valence-electron chi connectivity index (χ4n) is 2.55. The molecule has 0 aliphatic rings. The molecule has 11 heteroatoms. The molecular formula is C20H14Cl3N3O4S. The van der Waals surface area contributed by atoms with E-state index in [2.05, 4.69) is 15.6 Å². The van der Waals surface area contributed by atoms with Gasteiger partial charge in [-0.2, -0.15) is 0 Å². The Hall–Kier alpha value is -2.65. The van der Waals surface area contributed by atoms with Crippen LogP contribution >= 0.6 is 34.8 Å². The van der Waals surface area contributed by atoms with Crippen LogP contribution in [0.3, 0.4) is 0 Å². The van der Waals surface area contributed by atoms with Crippen LogP contribution < -0.4 is 10.6 Å². The van der Waals surface area contributed by atoms with Crippen LogP contribution in [0.2, 0.25) is 15.1 Å². The second kappa shape index (κ2) is 9.65. The zero-order valence-corrected chi connectivity index (χ0v) is 18.7. The summed E-state index contributed by atoms with van der Waals surface area (Å²) in [6.07, 6.45) is 1.17. The van der Waals surface area contributed by atoms with Crippen LogP contribution in [-0.2, 0) is 15.6 Å². The van der Waals surface area contributed by atoms with E-state index in [1.54, 1.807) is 30.3 Å². The zero-order valence-electron chi connectivity index (χ0n) is 15.6. The van der Waals surface area contributed by atoms with Gasteiger partial charge in [-0.05, 0) is 42.0 Å². The minimum Gasteiger partial charge on any atom is -0.306 e. The summed E-state index contributed by atoms with van der Waals surface area (Å²) in [5, 5.41) is 5.01. The molecule has 1 aromatic heterocycles. The Bertz CT molecular complexity index is 1210. The maximum Gasteiger partial charge on any atom is 0.326 e. The predicted molar refractivity (Wildman–Crippen MR) is 120 cm³/mol. The van der Waals surface area contributed by atoms with Gasteiger partial charge in [0.25, 0.3) is 5.91 Å². The summed E-state index contributed by atoms with van der Waals surface area (Å²) in [6, 6.07) is 12.7. The van der Waals surface area contributed by atoms with E-state index in [9.17, 15) is 18.0 Å². The molecule has 0 spiro atoms. The average molecular weight is 499 g/mol. The number of rotatable bonds is 5. The molecule has 160 valence electrons. The summed E-state index contributed by atoms with van der Waals surface area (Å²) in [4.78, 5) is 28.2. The topological polar surface area (TPSA) is 105 Å². The largest absolute Gasteiger partial charge is 0.326 e. The van der Waals surface area contributed by atoms with Gasteiger partial charge in [0.1, 0.15) is 0 Å². The zero-order chi connectivity index (χ0) is 22.6. The van der Waals surface area contributed by atoms with E-state index < -0.39 is 21.8 Å². The van der Waals surface area contributed by atoms with Gasteiger partial charge in [-0.15, -0.1) is 0 Å². The van der Waals surface area contributed by atoms with E-state index in [4.69, 9.17) is 34.8 Å². The number of hydrogen-bond acceptors (Lipinski definition) is 5. The number of hydrogen-bond donors (Lipinski definition) is 2. The van der Waals surface area contributed by atoms with Gasteiger partial charge in [-0.25, -0.2) is 18.2 Å². The predicted octanol–water partition coefficient (Wildman–Crippen LogP) is 4.98. The first-order valence-corrected chi connectivity index (χ1v) is 11.4. The number of halogens is 3. The fraction of sp³-hybridized carbons (Fsp3) is 0.0500. The maximum absolute atomic E-state index is 12.5. The van der Waals surface area contributed by atoms with Crippen molar-refractivity contribution >= 4 is 62.3 Å². The van der Waals surface area contributed by atoms with Crippen molar-refractivity contribution in [3.8, 4) is 0 Å². The average Bonchev–Trinajstić information content (AvgIpc) is 2.70. The number of pyridine rings is 1. The number of nitrogens with one attached hydrogen (secondary N) is 2. The van der Waals surface area contributed by atoms with E-state index in [1.807, 2.05) is 0 Å². The number of anilines is 1.